The van der Waals surface area contributed by atoms with Gasteiger partial charge in [-0.25, -0.2) is 31.6 Å². The van der Waals surface area contributed by atoms with Crippen LogP contribution < -0.4 is 5.14 Å². The number of likely N-dealkylation sites (N-methyl/N-ethyl adjacent to an activating group) is 1. The number of nitrogens with two attached hydrogens (primary N) is 1. The lowest BCUT2D eigenvalue weighted by Gasteiger charge is -2.31. The molecule has 32 heavy (non-hydrogen) atoms. The molecule has 0 unspecified atom stereocenters. The average Bonchev–Trinajstić information content (AvgIpc) is 2.90. The van der Waals surface area contributed by atoms with Crippen LogP contribution in [0.5, 0.6) is 0 Å². The number of amides is 1. The second-order valence-electron chi connectivity index (χ2n) is 6.98. The summed E-state index contributed by atoms with van der Waals surface area (Å²) in [5, 5.41) is 4.41. The summed E-state index contributed by atoms with van der Waals surface area (Å²) in [7, 11) is -8.02. The molecule has 0 aromatic rings. The van der Waals surface area contributed by atoms with Crippen LogP contribution in [0.4, 0.5) is 4.79 Å². The van der Waals surface area contributed by atoms with Gasteiger partial charge in [-0.05, 0) is 38.8 Å². The monoisotopic (exact) mass is 512 g/mol. The minimum absolute atomic E-state index is 0.0194. The van der Waals surface area contributed by atoms with Crippen LogP contribution in [-0.2, 0) is 43.7 Å². The molecule has 0 aliphatic carbocycles. The van der Waals surface area contributed by atoms with Crippen LogP contribution in [0.15, 0.2) is 20.1 Å². The van der Waals surface area contributed by atoms with Gasteiger partial charge in [-0.1, -0.05) is 11.8 Å². The number of rotatable bonds is 7. The van der Waals surface area contributed by atoms with Gasteiger partial charge in [-0.3, -0.25) is 9.69 Å². The number of hydrogen-bond acceptors (Lipinski definition) is 11. The van der Waals surface area contributed by atoms with Gasteiger partial charge in [0.15, 0.2) is 15.9 Å². The van der Waals surface area contributed by atoms with Gasteiger partial charge in [0.2, 0.25) is 16.8 Å². The predicted molar refractivity (Wildman–Crippen MR) is 114 cm³/mol. The van der Waals surface area contributed by atoms with Gasteiger partial charge in [0, 0.05) is 13.5 Å². The van der Waals surface area contributed by atoms with E-state index in [4.69, 9.17) is 14.6 Å². The number of carbonyl (C=O) groups is 3. The number of sulfonamides is 1. The number of sulfone groups is 1. The van der Waals surface area contributed by atoms with Crippen molar-refractivity contribution >= 4 is 49.7 Å². The highest BCUT2D eigenvalue weighted by atomic mass is 32.3. The lowest BCUT2D eigenvalue weighted by atomic mass is 10.0. The Balaban J connectivity index is 2.22. The molecule has 0 radical (unpaired) electrons. The van der Waals surface area contributed by atoms with Crippen LogP contribution in [-0.4, -0.2) is 70.5 Å². The molecule has 0 bridgehead atoms. The summed E-state index contributed by atoms with van der Waals surface area (Å²) >= 11 is 0.543. The Hall–Kier alpha value is -2.10. The highest BCUT2D eigenvalue weighted by Crippen LogP contribution is 2.48. The minimum Gasteiger partial charge on any atom is -0.451 e. The molecule has 180 valence electrons. The normalized spacial score (nSPS) is 23.0. The molecule has 0 saturated carbocycles. The summed E-state index contributed by atoms with van der Waals surface area (Å²) in [5.41, 5.74) is 0.356. The molecule has 0 saturated heterocycles. The summed E-state index contributed by atoms with van der Waals surface area (Å²) in [6, 6.07) is -1.03. The number of carbonyl (C=O) groups excluding carboxylic acids is 3. The average molecular weight is 513 g/mol. The lowest BCUT2D eigenvalue weighted by molar-refractivity contribution is -0.171. The number of ether oxygens (including phenoxy) is 3. The van der Waals surface area contributed by atoms with E-state index in [9.17, 15) is 31.2 Å². The van der Waals surface area contributed by atoms with E-state index in [1.54, 1.807) is 6.92 Å². The van der Waals surface area contributed by atoms with Crippen molar-refractivity contribution in [3.63, 3.8) is 0 Å². The molecule has 2 aliphatic rings. The topological polar surface area (TPSA) is 176 Å². The molecule has 15 heteroatoms. The molecule has 12 nitrogen and oxygen atoms in total. The van der Waals surface area contributed by atoms with Crippen LogP contribution in [0.25, 0.3) is 0 Å². The molecule has 0 aromatic heterocycles. The smallest absolute Gasteiger partial charge is 0.413 e. The zero-order chi connectivity index (χ0) is 24.4. The lowest BCUT2D eigenvalue weighted by Crippen LogP contribution is -2.42. The number of primary sulfonamides is 1. The zero-order valence-electron chi connectivity index (χ0n) is 17.8. The third kappa shape index (κ3) is 5.63. The molecule has 2 rings (SSSR count). The third-order valence-electron chi connectivity index (χ3n) is 4.65. The number of thioether (sulfide) groups is 1. The van der Waals surface area contributed by atoms with E-state index in [1.807, 2.05) is 0 Å². The molecular formula is C17H24N2O10S3. The Morgan fingerprint density at radius 2 is 1.94 bits per heavy atom. The maximum atomic E-state index is 12.6. The van der Waals surface area contributed by atoms with Crippen molar-refractivity contribution in [2.45, 2.75) is 51.5 Å². The Morgan fingerprint density at radius 3 is 2.47 bits per heavy atom. The van der Waals surface area contributed by atoms with Gasteiger partial charge < -0.3 is 14.2 Å². The van der Waals surface area contributed by atoms with Crippen LogP contribution >= 0.6 is 11.8 Å². The fraction of sp³-hybridized carbons (Fsp3) is 0.588. The zero-order valence-corrected chi connectivity index (χ0v) is 20.2. The van der Waals surface area contributed by atoms with Crippen LogP contribution in [0.3, 0.4) is 0 Å². The summed E-state index contributed by atoms with van der Waals surface area (Å²) in [6.45, 7) is 4.68. The Kier molecular flexibility index (Phi) is 8.01. The Bertz CT molecular complexity index is 1080. The summed E-state index contributed by atoms with van der Waals surface area (Å²) in [5.74, 6) is -1.64. The SMILES string of the molecule is CCN(C(=O)OCOC(=O)[C@H](C)OC(C)=O)[C@H]1C=C(S(N)(=O)=O)SC2=C1C[C@H](C)S2(=O)=O. The maximum absolute atomic E-state index is 12.6. The van der Waals surface area contributed by atoms with E-state index in [0.717, 1.165) is 11.8 Å². The van der Waals surface area contributed by atoms with Crippen molar-refractivity contribution in [2.24, 2.45) is 5.14 Å². The van der Waals surface area contributed by atoms with Crippen molar-refractivity contribution in [1.82, 2.24) is 4.90 Å². The largest absolute Gasteiger partial charge is 0.451 e. The maximum Gasteiger partial charge on any atom is 0.413 e. The minimum atomic E-state index is -4.24. The van der Waals surface area contributed by atoms with Crippen LogP contribution in [0, 0.1) is 0 Å². The van der Waals surface area contributed by atoms with E-state index in [1.165, 1.54) is 19.9 Å². The van der Waals surface area contributed by atoms with Crippen LogP contribution in [0.2, 0.25) is 0 Å². The van der Waals surface area contributed by atoms with Gasteiger partial charge in [0.25, 0.3) is 0 Å². The summed E-state index contributed by atoms with van der Waals surface area (Å²) < 4.78 is 62.9. The molecule has 2 aliphatic heterocycles. The fourth-order valence-corrected chi connectivity index (χ4v) is 7.56. The highest BCUT2D eigenvalue weighted by molar-refractivity contribution is 8.27. The first-order valence-electron chi connectivity index (χ1n) is 9.36. The van der Waals surface area contributed by atoms with E-state index >= 15 is 0 Å². The highest BCUT2D eigenvalue weighted by Gasteiger charge is 2.45. The fourth-order valence-electron chi connectivity index (χ4n) is 3.09. The van der Waals surface area contributed by atoms with Gasteiger partial charge in [0.05, 0.1) is 11.3 Å². The first-order valence-corrected chi connectivity index (χ1v) is 13.3. The molecular weight excluding hydrogens is 488 g/mol. The van der Waals surface area contributed by atoms with Gasteiger partial charge >= 0.3 is 18.0 Å². The first kappa shape index (κ1) is 26.2. The van der Waals surface area contributed by atoms with E-state index in [0.29, 0.717) is 17.3 Å². The van der Waals surface area contributed by atoms with Crippen molar-refractivity contribution in [3.05, 3.63) is 20.1 Å². The molecule has 1 amide bonds. The van der Waals surface area contributed by atoms with Crippen molar-refractivity contribution in [2.75, 3.05) is 13.3 Å². The number of esters is 2. The van der Waals surface area contributed by atoms with Gasteiger partial charge in [-0.2, -0.15) is 0 Å². The molecule has 0 fully saturated rings. The number of nitrogens with zero attached hydrogens (tertiary/aromatic N) is 1. The summed E-state index contributed by atoms with van der Waals surface area (Å²) in [6.07, 6.45) is -0.887. The Labute approximate surface area is 190 Å². The quantitative estimate of drug-likeness (QED) is 0.372. The molecule has 2 heterocycles. The predicted octanol–water partition coefficient (Wildman–Crippen LogP) is 0.561. The second-order valence-corrected chi connectivity index (χ2v) is 12.4. The molecule has 2 N–H and O–H groups in total. The van der Waals surface area contributed by atoms with Gasteiger partial charge in [-0.15, -0.1) is 0 Å². The van der Waals surface area contributed by atoms with Gasteiger partial charge in [0.1, 0.15) is 8.47 Å². The van der Waals surface area contributed by atoms with Crippen molar-refractivity contribution in [3.8, 4) is 0 Å². The van der Waals surface area contributed by atoms with E-state index in [-0.39, 0.29) is 17.2 Å². The molecule has 0 spiro atoms. The molecule has 3 atom stereocenters. The third-order valence-corrected chi connectivity index (χ3v) is 10.0. The van der Waals surface area contributed by atoms with Crippen molar-refractivity contribution in [1.29, 1.82) is 0 Å². The Morgan fingerprint density at radius 1 is 1.31 bits per heavy atom. The van der Waals surface area contributed by atoms with E-state index in [2.05, 4.69) is 4.74 Å². The second kappa shape index (κ2) is 9.80. The molecule has 0 aromatic carbocycles. The van der Waals surface area contributed by atoms with Crippen LogP contribution in [0.1, 0.15) is 34.1 Å². The van der Waals surface area contributed by atoms with Crippen molar-refractivity contribution < 1.29 is 45.4 Å². The first-order chi connectivity index (χ1) is 14.7. The van der Waals surface area contributed by atoms with E-state index < -0.39 is 66.3 Å². The summed E-state index contributed by atoms with van der Waals surface area (Å²) in [4.78, 5) is 36.3. The number of hydrogen-bond donors (Lipinski definition) is 1. The standard InChI is InChI=1S/C17H24N2O10S3/c1-5-19(17(22)28-8-27-15(21)10(3)29-11(4)20)13-7-14(32(18,25)26)30-16-12(13)6-9(2)31(16,23)24/h7,9-10,13H,5-6,8H2,1-4H3,(H2,18,25,26)/t9-,10-,13-/m0/s1.